The van der Waals surface area contributed by atoms with E-state index < -0.39 is 0 Å². The molecule has 3 rings (SSSR count). The standard InChI is InChI=1S/C19H15NO/c21-19-12-11-16(15-7-3-1-4-8-15)13-17(19)14-20-18-9-5-2-6-10-18/h1-14,21H/b20-14+. The molecule has 0 aliphatic carbocycles. The fourth-order valence-corrected chi connectivity index (χ4v) is 2.13. The van der Waals surface area contributed by atoms with Gasteiger partial charge in [-0.3, -0.25) is 4.99 Å². The highest BCUT2D eigenvalue weighted by molar-refractivity contribution is 5.87. The largest absolute Gasteiger partial charge is 0.507 e. The molecule has 0 fully saturated rings. The van der Waals surface area contributed by atoms with Crippen molar-refractivity contribution in [2.24, 2.45) is 4.99 Å². The second-order valence-electron chi connectivity index (χ2n) is 4.73. The first-order valence-electron chi connectivity index (χ1n) is 6.80. The molecular weight excluding hydrogens is 258 g/mol. The molecule has 102 valence electrons. The Labute approximate surface area is 124 Å². The van der Waals surface area contributed by atoms with Crippen LogP contribution < -0.4 is 0 Å². The molecule has 0 saturated heterocycles. The Morgan fingerprint density at radius 1 is 0.714 bits per heavy atom. The van der Waals surface area contributed by atoms with Gasteiger partial charge in [-0.25, -0.2) is 0 Å². The van der Waals surface area contributed by atoms with Crippen LogP contribution in [0.2, 0.25) is 0 Å². The van der Waals surface area contributed by atoms with E-state index in [2.05, 4.69) is 4.99 Å². The molecule has 0 aromatic heterocycles. The Bertz CT molecular complexity index is 749. The Morgan fingerprint density at radius 2 is 1.38 bits per heavy atom. The summed E-state index contributed by atoms with van der Waals surface area (Å²) in [6.07, 6.45) is 1.69. The van der Waals surface area contributed by atoms with Gasteiger partial charge in [-0.15, -0.1) is 0 Å². The molecule has 0 atom stereocenters. The molecule has 0 heterocycles. The summed E-state index contributed by atoms with van der Waals surface area (Å²) in [5.74, 6) is 0.231. The SMILES string of the molecule is Oc1ccc(-c2ccccc2)cc1/C=N/c1ccccc1. The topological polar surface area (TPSA) is 32.6 Å². The van der Waals surface area contributed by atoms with Crippen molar-refractivity contribution in [1.82, 2.24) is 0 Å². The third-order valence-electron chi connectivity index (χ3n) is 3.24. The van der Waals surface area contributed by atoms with Crippen molar-refractivity contribution in [3.05, 3.63) is 84.4 Å². The van der Waals surface area contributed by atoms with Gasteiger partial charge < -0.3 is 5.11 Å². The van der Waals surface area contributed by atoms with Crippen molar-refractivity contribution in [3.8, 4) is 16.9 Å². The highest BCUT2D eigenvalue weighted by Gasteiger charge is 2.02. The van der Waals surface area contributed by atoms with E-state index in [0.717, 1.165) is 16.8 Å². The summed E-state index contributed by atoms with van der Waals surface area (Å²) in [5.41, 5.74) is 3.75. The highest BCUT2D eigenvalue weighted by Crippen LogP contribution is 2.25. The fourth-order valence-electron chi connectivity index (χ4n) is 2.13. The second-order valence-corrected chi connectivity index (χ2v) is 4.73. The van der Waals surface area contributed by atoms with Crippen molar-refractivity contribution in [3.63, 3.8) is 0 Å². The first kappa shape index (κ1) is 13.1. The van der Waals surface area contributed by atoms with E-state index in [-0.39, 0.29) is 5.75 Å². The zero-order valence-corrected chi connectivity index (χ0v) is 11.5. The molecule has 1 N–H and O–H groups in total. The molecule has 3 aromatic rings. The molecule has 3 aromatic carbocycles. The van der Waals surface area contributed by atoms with Gasteiger partial charge in [0.2, 0.25) is 0 Å². The molecule has 0 aliphatic rings. The molecular formula is C19H15NO. The summed E-state index contributed by atoms with van der Waals surface area (Å²) < 4.78 is 0. The molecule has 2 nitrogen and oxygen atoms in total. The Kier molecular flexibility index (Phi) is 3.79. The summed E-state index contributed by atoms with van der Waals surface area (Å²) in [6, 6.07) is 25.3. The number of aromatic hydroxyl groups is 1. The van der Waals surface area contributed by atoms with Crippen LogP contribution in [0.1, 0.15) is 5.56 Å². The summed E-state index contributed by atoms with van der Waals surface area (Å²) in [7, 11) is 0. The Morgan fingerprint density at radius 3 is 2.10 bits per heavy atom. The van der Waals surface area contributed by atoms with Crippen LogP contribution in [0.3, 0.4) is 0 Å². The summed E-state index contributed by atoms with van der Waals surface area (Å²) in [6.45, 7) is 0. The lowest BCUT2D eigenvalue weighted by Gasteiger charge is -2.04. The van der Waals surface area contributed by atoms with E-state index >= 15 is 0 Å². The molecule has 2 heteroatoms. The monoisotopic (exact) mass is 273 g/mol. The minimum atomic E-state index is 0.231. The van der Waals surface area contributed by atoms with E-state index in [9.17, 15) is 5.11 Å². The molecule has 0 spiro atoms. The zero-order valence-electron chi connectivity index (χ0n) is 11.5. The average molecular weight is 273 g/mol. The minimum absolute atomic E-state index is 0.231. The van der Waals surface area contributed by atoms with Crippen molar-refractivity contribution < 1.29 is 5.11 Å². The number of nitrogens with zero attached hydrogens (tertiary/aromatic N) is 1. The van der Waals surface area contributed by atoms with Crippen LogP contribution in [0.4, 0.5) is 5.69 Å². The lowest BCUT2D eigenvalue weighted by Crippen LogP contribution is -1.85. The number of phenols is 1. The molecule has 0 aliphatic heterocycles. The third-order valence-corrected chi connectivity index (χ3v) is 3.24. The summed E-state index contributed by atoms with van der Waals surface area (Å²) in [5, 5.41) is 9.97. The number of hydrogen-bond acceptors (Lipinski definition) is 2. The maximum Gasteiger partial charge on any atom is 0.124 e. The van der Waals surface area contributed by atoms with Gasteiger partial charge in [-0.2, -0.15) is 0 Å². The van der Waals surface area contributed by atoms with E-state index in [1.54, 1.807) is 12.3 Å². The van der Waals surface area contributed by atoms with Gasteiger partial charge in [0.1, 0.15) is 5.75 Å². The molecule has 0 amide bonds. The van der Waals surface area contributed by atoms with E-state index in [1.807, 2.05) is 72.8 Å². The first-order chi connectivity index (χ1) is 10.3. The summed E-state index contributed by atoms with van der Waals surface area (Å²) >= 11 is 0. The molecule has 21 heavy (non-hydrogen) atoms. The molecule has 0 saturated carbocycles. The van der Waals surface area contributed by atoms with Gasteiger partial charge in [0.25, 0.3) is 0 Å². The quantitative estimate of drug-likeness (QED) is 0.682. The maximum atomic E-state index is 9.97. The minimum Gasteiger partial charge on any atom is -0.507 e. The average Bonchev–Trinajstić information content (AvgIpc) is 2.56. The van der Waals surface area contributed by atoms with E-state index in [4.69, 9.17) is 0 Å². The van der Waals surface area contributed by atoms with Gasteiger partial charge in [0, 0.05) is 11.8 Å². The number of hydrogen-bond donors (Lipinski definition) is 1. The predicted molar refractivity (Wildman–Crippen MR) is 87.2 cm³/mol. The normalized spacial score (nSPS) is 10.9. The lowest BCUT2D eigenvalue weighted by molar-refractivity contribution is 0.474. The van der Waals surface area contributed by atoms with Gasteiger partial charge in [0.05, 0.1) is 5.69 Å². The van der Waals surface area contributed by atoms with Gasteiger partial charge >= 0.3 is 0 Å². The van der Waals surface area contributed by atoms with Crippen LogP contribution in [-0.4, -0.2) is 11.3 Å². The van der Waals surface area contributed by atoms with Crippen molar-refractivity contribution >= 4 is 11.9 Å². The zero-order chi connectivity index (χ0) is 14.5. The van der Waals surface area contributed by atoms with Crippen LogP contribution in [0.15, 0.2) is 83.9 Å². The smallest absolute Gasteiger partial charge is 0.124 e. The second kappa shape index (κ2) is 6.06. The van der Waals surface area contributed by atoms with Gasteiger partial charge in [0.15, 0.2) is 0 Å². The van der Waals surface area contributed by atoms with E-state index in [1.165, 1.54) is 0 Å². The van der Waals surface area contributed by atoms with Crippen LogP contribution in [0.5, 0.6) is 5.75 Å². The van der Waals surface area contributed by atoms with Crippen molar-refractivity contribution in [2.75, 3.05) is 0 Å². The van der Waals surface area contributed by atoms with Gasteiger partial charge in [-0.05, 0) is 35.4 Å². The predicted octanol–water partition coefficient (Wildman–Crippen LogP) is 4.81. The Balaban J connectivity index is 1.94. The number of phenolic OH excluding ortho intramolecular Hbond substituents is 1. The first-order valence-corrected chi connectivity index (χ1v) is 6.80. The molecule has 0 unspecified atom stereocenters. The molecule has 0 radical (unpaired) electrons. The third kappa shape index (κ3) is 3.18. The van der Waals surface area contributed by atoms with Crippen LogP contribution in [0, 0.1) is 0 Å². The van der Waals surface area contributed by atoms with Crippen molar-refractivity contribution in [1.29, 1.82) is 0 Å². The van der Waals surface area contributed by atoms with Crippen LogP contribution in [-0.2, 0) is 0 Å². The number of aliphatic imine (C=N–C) groups is 1. The number of benzene rings is 3. The van der Waals surface area contributed by atoms with Gasteiger partial charge in [-0.1, -0.05) is 54.6 Å². The van der Waals surface area contributed by atoms with E-state index in [0.29, 0.717) is 5.56 Å². The van der Waals surface area contributed by atoms with Crippen molar-refractivity contribution in [2.45, 2.75) is 0 Å². The highest BCUT2D eigenvalue weighted by atomic mass is 16.3. The summed E-state index contributed by atoms with van der Waals surface area (Å²) in [4.78, 5) is 4.39. The maximum absolute atomic E-state index is 9.97. The molecule has 0 bridgehead atoms. The Hall–Kier alpha value is -2.87. The van der Waals surface area contributed by atoms with Crippen LogP contribution in [0.25, 0.3) is 11.1 Å². The lowest BCUT2D eigenvalue weighted by atomic mass is 10.0. The fraction of sp³-hybridized carbons (Fsp3) is 0. The number of rotatable bonds is 3. The number of para-hydroxylation sites is 1. The van der Waals surface area contributed by atoms with Crippen LogP contribution >= 0.6 is 0 Å².